The van der Waals surface area contributed by atoms with E-state index >= 15 is 0 Å². The molecule has 8 heteroatoms. The van der Waals surface area contributed by atoms with E-state index in [1.165, 1.54) is 18.1 Å². The van der Waals surface area contributed by atoms with E-state index in [1.807, 2.05) is 6.92 Å². The van der Waals surface area contributed by atoms with Gasteiger partial charge in [-0.2, -0.15) is 0 Å². The first-order chi connectivity index (χ1) is 16.3. The number of methoxy groups -OCH3 is 1. The molecule has 4 rings (SSSR count). The molecule has 3 aromatic carbocycles. The van der Waals surface area contributed by atoms with Crippen molar-refractivity contribution in [1.82, 2.24) is 0 Å². The number of amides is 1. The van der Waals surface area contributed by atoms with Gasteiger partial charge in [0.1, 0.15) is 17.3 Å². The van der Waals surface area contributed by atoms with Gasteiger partial charge in [-0.15, -0.1) is 0 Å². The summed E-state index contributed by atoms with van der Waals surface area (Å²) >= 11 is 12.2. The third kappa shape index (κ3) is 4.34. The molecule has 0 radical (unpaired) electrons. The normalized spacial score (nSPS) is 17.2. The topological polar surface area (TPSA) is 76.1 Å². The summed E-state index contributed by atoms with van der Waals surface area (Å²) in [5, 5.41) is 12.1. The quantitative estimate of drug-likeness (QED) is 0.255. The number of benzene rings is 3. The zero-order valence-corrected chi connectivity index (χ0v) is 19.9. The lowest BCUT2D eigenvalue weighted by Crippen LogP contribution is -2.29. The molecule has 34 heavy (non-hydrogen) atoms. The van der Waals surface area contributed by atoms with E-state index in [0.717, 1.165) is 0 Å². The predicted octanol–water partition coefficient (Wildman–Crippen LogP) is 6.03. The van der Waals surface area contributed by atoms with E-state index in [4.69, 9.17) is 32.7 Å². The fourth-order valence-electron chi connectivity index (χ4n) is 3.91. The molecule has 174 valence electrons. The summed E-state index contributed by atoms with van der Waals surface area (Å²) in [6.07, 6.45) is 0. The fraction of sp³-hybridized carbons (Fsp3) is 0.154. The minimum Gasteiger partial charge on any atom is -0.507 e. The minimum atomic E-state index is -0.893. The highest BCUT2D eigenvalue weighted by molar-refractivity contribution is 6.51. The maximum absolute atomic E-state index is 13.3. The van der Waals surface area contributed by atoms with Crippen LogP contribution in [0.5, 0.6) is 11.5 Å². The van der Waals surface area contributed by atoms with Crippen LogP contribution in [0.15, 0.2) is 72.3 Å². The Hall–Kier alpha value is -3.48. The van der Waals surface area contributed by atoms with E-state index in [0.29, 0.717) is 45.0 Å². The van der Waals surface area contributed by atoms with Crippen LogP contribution >= 0.6 is 23.2 Å². The van der Waals surface area contributed by atoms with Gasteiger partial charge < -0.3 is 14.6 Å². The summed E-state index contributed by atoms with van der Waals surface area (Å²) in [5.41, 5.74) is 1.30. The summed E-state index contributed by atoms with van der Waals surface area (Å²) in [6.45, 7) is 2.30. The molecule has 1 fully saturated rings. The van der Waals surface area contributed by atoms with Crippen molar-refractivity contribution < 1.29 is 24.2 Å². The maximum atomic E-state index is 13.3. The molecular weight excluding hydrogens is 477 g/mol. The van der Waals surface area contributed by atoms with Gasteiger partial charge in [0.2, 0.25) is 0 Å². The smallest absolute Gasteiger partial charge is 0.300 e. The van der Waals surface area contributed by atoms with Gasteiger partial charge in [0, 0.05) is 22.3 Å². The summed E-state index contributed by atoms with van der Waals surface area (Å²) < 4.78 is 10.8. The molecular formula is C26H21Cl2NO5. The molecule has 0 spiro atoms. The van der Waals surface area contributed by atoms with E-state index < -0.39 is 17.7 Å². The maximum Gasteiger partial charge on any atom is 0.300 e. The monoisotopic (exact) mass is 497 g/mol. The lowest BCUT2D eigenvalue weighted by Gasteiger charge is -2.26. The van der Waals surface area contributed by atoms with Gasteiger partial charge in [0.25, 0.3) is 11.7 Å². The van der Waals surface area contributed by atoms with Crippen LogP contribution in [0.2, 0.25) is 10.0 Å². The number of aliphatic hydroxyl groups excluding tert-OH is 1. The largest absolute Gasteiger partial charge is 0.507 e. The highest BCUT2D eigenvalue weighted by atomic mass is 35.5. The predicted molar refractivity (Wildman–Crippen MR) is 132 cm³/mol. The Morgan fingerprint density at radius 2 is 1.76 bits per heavy atom. The number of rotatable bonds is 6. The summed E-state index contributed by atoms with van der Waals surface area (Å²) in [7, 11) is 1.45. The van der Waals surface area contributed by atoms with Crippen molar-refractivity contribution >= 4 is 46.3 Å². The molecule has 1 N–H and O–H groups in total. The number of Topliss-reactive ketones (excluding diaryl/α,β-unsaturated/α-hetero) is 1. The first-order valence-corrected chi connectivity index (χ1v) is 11.2. The number of anilines is 1. The van der Waals surface area contributed by atoms with Gasteiger partial charge in [-0.3, -0.25) is 14.5 Å². The Kier molecular flexibility index (Phi) is 6.82. The zero-order valence-electron chi connectivity index (χ0n) is 18.4. The lowest BCUT2D eigenvalue weighted by atomic mass is 9.95. The standard InChI is InChI=1S/C26H21Cl2NO5/c1-3-34-19-6-4-5-18(14-19)29-23(15-7-10-17(27)11-8-15)22(25(31)26(29)32)24(30)16-9-12-20(28)21(13-16)33-2/h4-14,23,30H,3H2,1-2H3/b24-22+. The summed E-state index contributed by atoms with van der Waals surface area (Å²) in [5.74, 6) is -1.03. The summed E-state index contributed by atoms with van der Waals surface area (Å²) in [6, 6.07) is 17.4. The van der Waals surface area contributed by atoms with Crippen LogP contribution in [-0.4, -0.2) is 30.5 Å². The van der Waals surface area contributed by atoms with Crippen LogP contribution in [0.1, 0.15) is 24.1 Å². The Balaban J connectivity index is 1.93. The van der Waals surface area contributed by atoms with Crippen molar-refractivity contribution in [3.8, 4) is 11.5 Å². The number of aliphatic hydroxyl groups is 1. The Morgan fingerprint density at radius 1 is 1.03 bits per heavy atom. The Labute approximate surface area is 206 Å². The van der Waals surface area contributed by atoms with Crippen LogP contribution in [0.3, 0.4) is 0 Å². The van der Waals surface area contributed by atoms with Gasteiger partial charge in [-0.25, -0.2) is 0 Å². The van der Waals surface area contributed by atoms with Crippen molar-refractivity contribution in [2.24, 2.45) is 0 Å². The van der Waals surface area contributed by atoms with Gasteiger partial charge in [0.05, 0.1) is 30.4 Å². The SMILES string of the molecule is CCOc1cccc(N2C(=O)C(=O)/C(=C(/O)c3ccc(Cl)c(OC)c3)C2c2ccc(Cl)cc2)c1. The second kappa shape index (κ2) is 9.79. The molecule has 0 bridgehead atoms. The van der Waals surface area contributed by atoms with Crippen molar-refractivity contribution in [2.75, 3.05) is 18.6 Å². The molecule has 1 amide bonds. The number of hydrogen-bond acceptors (Lipinski definition) is 5. The second-order valence-electron chi connectivity index (χ2n) is 7.50. The number of nitrogens with zero attached hydrogens (tertiary/aromatic N) is 1. The van der Waals surface area contributed by atoms with Gasteiger partial charge in [0.15, 0.2) is 0 Å². The third-order valence-corrected chi connectivity index (χ3v) is 6.03. The van der Waals surface area contributed by atoms with Gasteiger partial charge in [-0.05, 0) is 55.0 Å². The van der Waals surface area contributed by atoms with Crippen molar-refractivity contribution in [2.45, 2.75) is 13.0 Å². The van der Waals surface area contributed by atoms with Crippen LogP contribution in [0.4, 0.5) is 5.69 Å². The molecule has 1 unspecified atom stereocenters. The number of ether oxygens (including phenoxy) is 2. The van der Waals surface area contributed by atoms with E-state index in [-0.39, 0.29) is 11.3 Å². The zero-order chi connectivity index (χ0) is 24.4. The van der Waals surface area contributed by atoms with Gasteiger partial charge >= 0.3 is 0 Å². The fourth-order valence-corrected chi connectivity index (χ4v) is 4.23. The van der Waals surface area contributed by atoms with E-state index in [9.17, 15) is 14.7 Å². The first kappa shape index (κ1) is 23.7. The number of halogens is 2. The molecule has 1 aliphatic heterocycles. The molecule has 0 saturated carbocycles. The van der Waals surface area contributed by atoms with Crippen LogP contribution in [-0.2, 0) is 9.59 Å². The number of ketones is 1. The van der Waals surface area contributed by atoms with Crippen molar-refractivity contribution in [3.63, 3.8) is 0 Å². The molecule has 6 nitrogen and oxygen atoms in total. The summed E-state index contributed by atoms with van der Waals surface area (Å²) in [4.78, 5) is 27.9. The van der Waals surface area contributed by atoms with Crippen molar-refractivity contribution in [3.05, 3.63) is 93.5 Å². The highest BCUT2D eigenvalue weighted by Crippen LogP contribution is 2.43. The van der Waals surface area contributed by atoms with E-state index in [2.05, 4.69) is 0 Å². The van der Waals surface area contributed by atoms with E-state index in [1.54, 1.807) is 60.7 Å². The van der Waals surface area contributed by atoms with Crippen LogP contribution < -0.4 is 14.4 Å². The molecule has 1 aliphatic rings. The molecule has 1 heterocycles. The second-order valence-corrected chi connectivity index (χ2v) is 8.34. The lowest BCUT2D eigenvalue weighted by molar-refractivity contribution is -0.132. The molecule has 3 aromatic rings. The molecule has 1 saturated heterocycles. The average molecular weight is 498 g/mol. The third-order valence-electron chi connectivity index (χ3n) is 5.46. The number of hydrogen-bond donors (Lipinski definition) is 1. The number of carbonyl (C=O) groups is 2. The van der Waals surface area contributed by atoms with Crippen LogP contribution in [0, 0.1) is 0 Å². The van der Waals surface area contributed by atoms with Gasteiger partial charge in [-0.1, -0.05) is 41.4 Å². The van der Waals surface area contributed by atoms with Crippen molar-refractivity contribution in [1.29, 1.82) is 0 Å². The Bertz CT molecular complexity index is 1290. The highest BCUT2D eigenvalue weighted by Gasteiger charge is 2.47. The Morgan fingerprint density at radius 3 is 2.44 bits per heavy atom. The molecule has 0 aromatic heterocycles. The first-order valence-electron chi connectivity index (χ1n) is 10.5. The van der Waals surface area contributed by atoms with Crippen LogP contribution in [0.25, 0.3) is 5.76 Å². The molecule has 0 aliphatic carbocycles. The minimum absolute atomic E-state index is 0.0569. The average Bonchev–Trinajstić information content (AvgIpc) is 3.10. The molecule has 1 atom stereocenters. The number of carbonyl (C=O) groups excluding carboxylic acids is 2.